The van der Waals surface area contributed by atoms with Gasteiger partial charge in [-0.3, -0.25) is 0 Å². The van der Waals surface area contributed by atoms with Crippen LogP contribution in [0.4, 0.5) is 5.69 Å². The summed E-state index contributed by atoms with van der Waals surface area (Å²) in [6, 6.07) is 13.0. The molecule has 0 spiro atoms. The number of rotatable bonds is 1. The topological polar surface area (TPSA) is 26.0 Å². The quantitative estimate of drug-likeness (QED) is 0.738. The fourth-order valence-corrected chi connectivity index (χ4v) is 1.73. The zero-order valence-corrected chi connectivity index (χ0v) is 9.39. The number of nitrogen functional groups attached to an aromatic ring is 1. The van der Waals surface area contributed by atoms with Crippen LogP contribution in [0.5, 0.6) is 0 Å². The molecule has 0 aliphatic heterocycles. The van der Waals surface area contributed by atoms with Gasteiger partial charge in [-0.15, -0.1) is 0 Å². The van der Waals surface area contributed by atoms with Crippen molar-refractivity contribution in [2.75, 3.05) is 5.73 Å². The third kappa shape index (κ3) is 2.25. The van der Waals surface area contributed by atoms with E-state index in [0.29, 0.717) is 15.7 Å². The Kier molecular flexibility index (Phi) is 2.85. The molecule has 0 aliphatic carbocycles. The van der Waals surface area contributed by atoms with Gasteiger partial charge in [0, 0.05) is 21.3 Å². The Hall–Kier alpha value is -1.18. The Morgan fingerprint density at radius 1 is 0.800 bits per heavy atom. The Labute approximate surface area is 98.4 Å². The van der Waals surface area contributed by atoms with Gasteiger partial charge in [0.2, 0.25) is 0 Å². The standard InChI is InChI=1S/C12H9Cl2N/c13-9-3-1-8(2-4-9)11-6-5-10(14)7-12(11)15/h1-7H,15H2. The molecule has 0 bridgehead atoms. The fraction of sp³-hybridized carbons (Fsp3) is 0. The molecule has 0 amide bonds. The van der Waals surface area contributed by atoms with Crippen LogP contribution in [0, 0.1) is 0 Å². The maximum absolute atomic E-state index is 5.87. The number of benzene rings is 2. The van der Waals surface area contributed by atoms with Crippen LogP contribution in [0.1, 0.15) is 0 Å². The average molecular weight is 238 g/mol. The largest absolute Gasteiger partial charge is 0.398 e. The van der Waals surface area contributed by atoms with E-state index in [9.17, 15) is 0 Å². The third-order valence-electron chi connectivity index (χ3n) is 2.17. The van der Waals surface area contributed by atoms with Crippen molar-refractivity contribution in [3.63, 3.8) is 0 Å². The van der Waals surface area contributed by atoms with Crippen LogP contribution in [0.3, 0.4) is 0 Å². The van der Waals surface area contributed by atoms with Crippen molar-refractivity contribution < 1.29 is 0 Å². The van der Waals surface area contributed by atoms with Gasteiger partial charge < -0.3 is 5.73 Å². The average Bonchev–Trinajstić information content (AvgIpc) is 2.20. The molecule has 2 aromatic rings. The summed E-state index contributed by atoms with van der Waals surface area (Å²) in [6.45, 7) is 0. The van der Waals surface area contributed by atoms with Crippen LogP contribution in [0.25, 0.3) is 11.1 Å². The highest BCUT2D eigenvalue weighted by Gasteiger charge is 2.02. The second kappa shape index (κ2) is 4.13. The molecule has 0 heterocycles. The molecule has 2 N–H and O–H groups in total. The van der Waals surface area contributed by atoms with Crippen molar-refractivity contribution in [1.29, 1.82) is 0 Å². The van der Waals surface area contributed by atoms with E-state index < -0.39 is 0 Å². The summed E-state index contributed by atoms with van der Waals surface area (Å²) < 4.78 is 0. The second-order valence-electron chi connectivity index (χ2n) is 3.24. The Bertz CT molecular complexity index is 477. The highest BCUT2D eigenvalue weighted by Crippen LogP contribution is 2.29. The van der Waals surface area contributed by atoms with Gasteiger partial charge in [-0.25, -0.2) is 0 Å². The van der Waals surface area contributed by atoms with Crippen LogP contribution in [0.2, 0.25) is 10.0 Å². The Morgan fingerprint density at radius 2 is 1.40 bits per heavy atom. The van der Waals surface area contributed by atoms with Crippen LogP contribution in [0.15, 0.2) is 42.5 Å². The molecule has 2 rings (SSSR count). The SMILES string of the molecule is Nc1cc(Cl)ccc1-c1ccc(Cl)cc1. The van der Waals surface area contributed by atoms with E-state index in [4.69, 9.17) is 28.9 Å². The molecule has 0 atom stereocenters. The number of hydrogen-bond donors (Lipinski definition) is 1. The molecular formula is C12H9Cl2N. The van der Waals surface area contributed by atoms with Gasteiger partial charge in [-0.05, 0) is 29.8 Å². The molecule has 1 nitrogen and oxygen atoms in total. The minimum atomic E-state index is 0.644. The van der Waals surface area contributed by atoms with Crippen LogP contribution in [-0.2, 0) is 0 Å². The number of halogens is 2. The molecule has 0 unspecified atom stereocenters. The first-order chi connectivity index (χ1) is 7.16. The zero-order valence-electron chi connectivity index (χ0n) is 7.87. The van der Waals surface area contributed by atoms with Crippen molar-refractivity contribution in [3.8, 4) is 11.1 Å². The van der Waals surface area contributed by atoms with E-state index in [1.165, 1.54) is 0 Å². The molecule has 0 radical (unpaired) electrons. The van der Waals surface area contributed by atoms with E-state index in [1.54, 1.807) is 6.07 Å². The van der Waals surface area contributed by atoms with Gasteiger partial charge in [0.25, 0.3) is 0 Å². The van der Waals surface area contributed by atoms with E-state index in [2.05, 4.69) is 0 Å². The lowest BCUT2D eigenvalue weighted by Crippen LogP contribution is -1.89. The van der Waals surface area contributed by atoms with Crippen molar-refractivity contribution in [1.82, 2.24) is 0 Å². The lowest BCUT2D eigenvalue weighted by atomic mass is 10.0. The van der Waals surface area contributed by atoms with E-state index in [-0.39, 0.29) is 0 Å². The summed E-state index contributed by atoms with van der Waals surface area (Å²) in [4.78, 5) is 0. The van der Waals surface area contributed by atoms with Gasteiger partial charge in [0.05, 0.1) is 0 Å². The van der Waals surface area contributed by atoms with Gasteiger partial charge in [-0.1, -0.05) is 41.4 Å². The van der Waals surface area contributed by atoms with E-state index >= 15 is 0 Å². The lowest BCUT2D eigenvalue weighted by Gasteiger charge is -2.06. The van der Waals surface area contributed by atoms with Gasteiger partial charge in [-0.2, -0.15) is 0 Å². The molecule has 76 valence electrons. The summed E-state index contributed by atoms with van der Waals surface area (Å²) in [6.07, 6.45) is 0. The molecule has 3 heteroatoms. The van der Waals surface area contributed by atoms with Crippen molar-refractivity contribution in [3.05, 3.63) is 52.5 Å². The molecule has 15 heavy (non-hydrogen) atoms. The molecule has 0 aliphatic rings. The number of nitrogens with two attached hydrogens (primary N) is 1. The first kappa shape index (κ1) is 10.3. The van der Waals surface area contributed by atoms with E-state index in [0.717, 1.165) is 11.1 Å². The smallest absolute Gasteiger partial charge is 0.0426 e. The maximum Gasteiger partial charge on any atom is 0.0426 e. The van der Waals surface area contributed by atoms with Crippen molar-refractivity contribution in [2.24, 2.45) is 0 Å². The predicted molar refractivity (Wildman–Crippen MR) is 66.3 cm³/mol. The first-order valence-electron chi connectivity index (χ1n) is 4.48. The molecule has 0 saturated heterocycles. The Morgan fingerprint density at radius 3 is 2.00 bits per heavy atom. The number of hydrogen-bond acceptors (Lipinski definition) is 1. The lowest BCUT2D eigenvalue weighted by molar-refractivity contribution is 1.61. The molecular weight excluding hydrogens is 229 g/mol. The monoisotopic (exact) mass is 237 g/mol. The summed E-state index contributed by atoms with van der Waals surface area (Å²) >= 11 is 11.6. The number of anilines is 1. The van der Waals surface area contributed by atoms with Gasteiger partial charge in [0.15, 0.2) is 0 Å². The highest BCUT2D eigenvalue weighted by atomic mass is 35.5. The van der Waals surface area contributed by atoms with Gasteiger partial charge >= 0.3 is 0 Å². The predicted octanol–water partition coefficient (Wildman–Crippen LogP) is 4.24. The summed E-state index contributed by atoms with van der Waals surface area (Å²) in [5.74, 6) is 0. The van der Waals surface area contributed by atoms with Crippen LogP contribution in [-0.4, -0.2) is 0 Å². The highest BCUT2D eigenvalue weighted by molar-refractivity contribution is 6.31. The molecule has 0 aromatic heterocycles. The molecule has 0 fully saturated rings. The minimum absolute atomic E-state index is 0.644. The summed E-state index contributed by atoms with van der Waals surface area (Å²) in [5.41, 5.74) is 8.55. The molecule has 0 saturated carbocycles. The summed E-state index contributed by atoms with van der Waals surface area (Å²) in [7, 11) is 0. The third-order valence-corrected chi connectivity index (χ3v) is 2.66. The Balaban J connectivity index is 2.49. The summed E-state index contributed by atoms with van der Waals surface area (Å²) in [5, 5.41) is 1.36. The first-order valence-corrected chi connectivity index (χ1v) is 5.23. The molecule has 2 aromatic carbocycles. The van der Waals surface area contributed by atoms with E-state index in [1.807, 2.05) is 36.4 Å². The zero-order chi connectivity index (χ0) is 10.8. The second-order valence-corrected chi connectivity index (χ2v) is 4.11. The van der Waals surface area contributed by atoms with Crippen LogP contribution < -0.4 is 5.73 Å². The van der Waals surface area contributed by atoms with Crippen LogP contribution >= 0.6 is 23.2 Å². The van der Waals surface area contributed by atoms with Crippen molar-refractivity contribution in [2.45, 2.75) is 0 Å². The van der Waals surface area contributed by atoms with Gasteiger partial charge in [0.1, 0.15) is 0 Å². The van der Waals surface area contributed by atoms with Crippen molar-refractivity contribution >= 4 is 28.9 Å². The normalized spacial score (nSPS) is 10.3. The maximum atomic E-state index is 5.87. The fourth-order valence-electron chi connectivity index (χ4n) is 1.43. The minimum Gasteiger partial charge on any atom is -0.398 e.